The van der Waals surface area contributed by atoms with E-state index in [0.29, 0.717) is 33.6 Å². The summed E-state index contributed by atoms with van der Waals surface area (Å²) in [5.74, 6) is 0.650. The Kier molecular flexibility index (Phi) is 6.75. The highest BCUT2D eigenvalue weighted by atomic mass is 35.5. The molecule has 8 nitrogen and oxygen atoms in total. The van der Waals surface area contributed by atoms with E-state index in [2.05, 4.69) is 30.6 Å². The second-order valence-corrected chi connectivity index (χ2v) is 8.24. The van der Waals surface area contributed by atoms with E-state index in [4.69, 9.17) is 16.3 Å². The van der Waals surface area contributed by atoms with Gasteiger partial charge in [0.05, 0.1) is 33.2 Å². The zero-order chi connectivity index (χ0) is 26.7. The molecule has 0 fully saturated rings. The molecule has 0 unspecified atom stereocenters. The molecule has 3 aromatic heterocycles. The summed E-state index contributed by atoms with van der Waals surface area (Å²) in [6.45, 7) is 0. The molecule has 0 spiro atoms. The van der Waals surface area contributed by atoms with E-state index >= 15 is 0 Å². The quantitative estimate of drug-likeness (QED) is 0.246. The molecule has 0 aliphatic rings. The van der Waals surface area contributed by atoms with Crippen LogP contribution < -0.4 is 15.4 Å². The standard InChI is InChI=1S/C26H16ClF3N6O2/c27-18-6-5-15(26(28,29)30)13-21(18)36-25(37)35-20-7-8-22(23-16(20)3-1-10-32-23)38-24-17(4-2-11-33-24)19-9-12-31-14-34-19/h1-14H,(H2,35,36,37). The minimum atomic E-state index is -4.59. The predicted molar refractivity (Wildman–Crippen MR) is 136 cm³/mol. The van der Waals surface area contributed by atoms with E-state index in [-0.39, 0.29) is 16.6 Å². The highest BCUT2D eigenvalue weighted by molar-refractivity contribution is 6.33. The Morgan fingerprint density at radius 1 is 0.868 bits per heavy atom. The van der Waals surface area contributed by atoms with E-state index in [1.807, 2.05) is 0 Å². The highest BCUT2D eigenvalue weighted by Gasteiger charge is 2.31. The first kappa shape index (κ1) is 24.9. The minimum absolute atomic E-state index is 0.0433. The predicted octanol–water partition coefficient (Wildman–Crippen LogP) is 7.20. The Labute approximate surface area is 218 Å². The molecular formula is C26H16ClF3N6O2. The van der Waals surface area contributed by atoms with Crippen LogP contribution in [0.2, 0.25) is 5.02 Å². The number of hydrogen-bond acceptors (Lipinski definition) is 6. The number of anilines is 2. The lowest BCUT2D eigenvalue weighted by Gasteiger charge is -2.15. The lowest BCUT2D eigenvalue weighted by atomic mass is 10.1. The van der Waals surface area contributed by atoms with E-state index < -0.39 is 17.8 Å². The van der Waals surface area contributed by atoms with Crippen molar-refractivity contribution in [3.8, 4) is 22.9 Å². The third kappa shape index (κ3) is 5.32. The number of alkyl halides is 3. The number of urea groups is 1. The number of carbonyl (C=O) groups excluding carboxylic acids is 1. The fourth-order valence-electron chi connectivity index (χ4n) is 3.63. The summed E-state index contributed by atoms with van der Waals surface area (Å²) < 4.78 is 45.3. The van der Waals surface area contributed by atoms with Gasteiger partial charge in [0.2, 0.25) is 5.88 Å². The van der Waals surface area contributed by atoms with Gasteiger partial charge in [-0.25, -0.2) is 19.7 Å². The van der Waals surface area contributed by atoms with Crippen LogP contribution >= 0.6 is 11.6 Å². The number of halogens is 4. The number of fused-ring (bicyclic) bond motifs is 1. The first-order valence-corrected chi connectivity index (χ1v) is 11.4. The Hall–Kier alpha value is -4.77. The van der Waals surface area contributed by atoms with Crippen LogP contribution in [0.25, 0.3) is 22.2 Å². The van der Waals surface area contributed by atoms with Crippen molar-refractivity contribution in [2.24, 2.45) is 0 Å². The van der Waals surface area contributed by atoms with Gasteiger partial charge >= 0.3 is 12.2 Å². The van der Waals surface area contributed by atoms with Crippen molar-refractivity contribution in [1.82, 2.24) is 19.9 Å². The number of rotatable bonds is 5. The zero-order valence-electron chi connectivity index (χ0n) is 19.2. The van der Waals surface area contributed by atoms with Gasteiger partial charge in [-0.05, 0) is 60.7 Å². The largest absolute Gasteiger partial charge is 0.436 e. The van der Waals surface area contributed by atoms with Gasteiger partial charge in [-0.15, -0.1) is 0 Å². The average molecular weight is 537 g/mol. The lowest BCUT2D eigenvalue weighted by molar-refractivity contribution is -0.137. The summed E-state index contributed by atoms with van der Waals surface area (Å²) in [4.78, 5) is 29.6. The van der Waals surface area contributed by atoms with E-state index in [1.54, 1.807) is 61.1 Å². The Morgan fingerprint density at radius 3 is 2.45 bits per heavy atom. The SMILES string of the molecule is O=C(Nc1cc(C(F)(F)F)ccc1Cl)Nc1ccc(Oc2ncccc2-c2ccncn2)c2ncccc12. The van der Waals surface area contributed by atoms with Crippen molar-refractivity contribution in [1.29, 1.82) is 0 Å². The molecule has 0 saturated carbocycles. The van der Waals surface area contributed by atoms with Crippen LogP contribution in [-0.4, -0.2) is 26.0 Å². The number of benzene rings is 2. The fraction of sp³-hybridized carbons (Fsp3) is 0.0385. The molecule has 12 heteroatoms. The third-order valence-corrected chi connectivity index (χ3v) is 5.69. The smallest absolute Gasteiger partial charge is 0.416 e. The molecular weight excluding hydrogens is 521 g/mol. The van der Waals surface area contributed by atoms with Crippen molar-refractivity contribution >= 4 is 39.9 Å². The molecule has 190 valence electrons. The number of aromatic nitrogens is 4. The maximum absolute atomic E-state index is 13.1. The molecule has 5 rings (SSSR count). The summed E-state index contributed by atoms with van der Waals surface area (Å²) in [5.41, 5.74) is 0.889. The van der Waals surface area contributed by atoms with Gasteiger partial charge in [-0.1, -0.05) is 11.6 Å². The monoisotopic (exact) mass is 536 g/mol. The normalized spacial score (nSPS) is 11.3. The average Bonchev–Trinajstić information content (AvgIpc) is 2.91. The number of amides is 2. The van der Waals surface area contributed by atoms with E-state index in [0.717, 1.165) is 18.2 Å². The Balaban J connectivity index is 1.42. The van der Waals surface area contributed by atoms with Gasteiger partial charge in [0.25, 0.3) is 0 Å². The van der Waals surface area contributed by atoms with E-state index in [1.165, 1.54) is 6.33 Å². The third-order valence-electron chi connectivity index (χ3n) is 5.36. The summed E-state index contributed by atoms with van der Waals surface area (Å²) >= 11 is 5.99. The summed E-state index contributed by atoms with van der Waals surface area (Å²) in [5, 5.41) is 5.47. The number of carbonyl (C=O) groups is 1. The van der Waals surface area contributed by atoms with Crippen LogP contribution in [0.5, 0.6) is 11.6 Å². The first-order valence-electron chi connectivity index (χ1n) is 11.0. The maximum atomic E-state index is 13.1. The highest BCUT2D eigenvalue weighted by Crippen LogP contribution is 2.36. The summed E-state index contributed by atoms with van der Waals surface area (Å²) in [7, 11) is 0. The van der Waals surface area contributed by atoms with Crippen molar-refractivity contribution in [3.63, 3.8) is 0 Å². The number of pyridine rings is 2. The molecule has 0 aliphatic carbocycles. The van der Waals surface area contributed by atoms with Crippen LogP contribution in [0.3, 0.4) is 0 Å². The van der Waals surface area contributed by atoms with Gasteiger partial charge in [-0.3, -0.25) is 4.98 Å². The molecule has 0 radical (unpaired) electrons. The number of nitrogens with zero attached hydrogens (tertiary/aromatic N) is 4. The van der Waals surface area contributed by atoms with Crippen LogP contribution in [-0.2, 0) is 6.18 Å². The van der Waals surface area contributed by atoms with Crippen LogP contribution in [0.1, 0.15) is 5.56 Å². The second-order valence-electron chi connectivity index (χ2n) is 7.84. The number of ether oxygens (including phenoxy) is 1. The minimum Gasteiger partial charge on any atom is -0.436 e. The molecule has 38 heavy (non-hydrogen) atoms. The Bertz CT molecular complexity index is 1630. The molecule has 0 bridgehead atoms. The van der Waals surface area contributed by atoms with Crippen LogP contribution in [0.4, 0.5) is 29.3 Å². The van der Waals surface area contributed by atoms with Crippen molar-refractivity contribution in [2.45, 2.75) is 6.18 Å². The molecule has 2 N–H and O–H groups in total. The van der Waals surface area contributed by atoms with Gasteiger partial charge in [0.1, 0.15) is 11.8 Å². The maximum Gasteiger partial charge on any atom is 0.416 e. The van der Waals surface area contributed by atoms with Gasteiger partial charge in [0, 0.05) is 24.0 Å². The number of nitrogens with one attached hydrogen (secondary N) is 2. The topological polar surface area (TPSA) is 102 Å². The van der Waals surface area contributed by atoms with Crippen molar-refractivity contribution in [2.75, 3.05) is 10.6 Å². The van der Waals surface area contributed by atoms with Gasteiger partial charge < -0.3 is 15.4 Å². The molecule has 2 aromatic carbocycles. The lowest BCUT2D eigenvalue weighted by Crippen LogP contribution is -2.20. The molecule has 0 aliphatic heterocycles. The van der Waals surface area contributed by atoms with Crippen LogP contribution in [0.15, 0.2) is 85.6 Å². The molecule has 0 atom stereocenters. The number of hydrogen-bond donors (Lipinski definition) is 2. The second kappa shape index (κ2) is 10.3. The van der Waals surface area contributed by atoms with Crippen molar-refractivity contribution in [3.05, 3.63) is 96.2 Å². The summed E-state index contributed by atoms with van der Waals surface area (Å²) in [6.07, 6.45) is 1.57. The molecule has 5 aromatic rings. The van der Waals surface area contributed by atoms with Gasteiger partial charge in [0.15, 0.2) is 5.75 Å². The zero-order valence-corrected chi connectivity index (χ0v) is 20.0. The van der Waals surface area contributed by atoms with Crippen LogP contribution in [0, 0.1) is 0 Å². The first-order chi connectivity index (χ1) is 18.3. The van der Waals surface area contributed by atoms with Crippen molar-refractivity contribution < 1.29 is 22.7 Å². The molecule has 2 amide bonds. The van der Waals surface area contributed by atoms with E-state index in [9.17, 15) is 18.0 Å². The molecule has 0 saturated heterocycles. The summed E-state index contributed by atoms with van der Waals surface area (Å²) in [6, 6.07) is 13.7. The fourth-order valence-corrected chi connectivity index (χ4v) is 3.80. The van der Waals surface area contributed by atoms with Gasteiger partial charge in [-0.2, -0.15) is 13.2 Å². The Morgan fingerprint density at radius 2 is 1.66 bits per heavy atom. The molecule has 3 heterocycles.